The van der Waals surface area contributed by atoms with E-state index in [2.05, 4.69) is 24.1 Å². The van der Waals surface area contributed by atoms with Crippen molar-refractivity contribution in [3.63, 3.8) is 0 Å². The van der Waals surface area contributed by atoms with Gasteiger partial charge in [0, 0.05) is 13.0 Å². The Bertz CT molecular complexity index is 280. The lowest BCUT2D eigenvalue weighted by atomic mass is 9.96. The van der Waals surface area contributed by atoms with E-state index in [9.17, 15) is 0 Å². The van der Waals surface area contributed by atoms with Crippen molar-refractivity contribution in [3.05, 3.63) is 0 Å². The van der Waals surface area contributed by atoms with Crippen molar-refractivity contribution in [2.45, 2.75) is 77.0 Å². The summed E-state index contributed by atoms with van der Waals surface area (Å²) in [5, 5.41) is 9.20. The molecule has 0 aliphatic heterocycles. The molecule has 2 aliphatic carbocycles. The fourth-order valence-corrected chi connectivity index (χ4v) is 3.49. The Morgan fingerprint density at radius 2 is 1.61 bits per heavy atom. The van der Waals surface area contributed by atoms with Gasteiger partial charge in [-0.25, -0.2) is 0 Å². The summed E-state index contributed by atoms with van der Waals surface area (Å²) >= 11 is 0. The summed E-state index contributed by atoms with van der Waals surface area (Å²) in [4.78, 5) is 0. The lowest BCUT2D eigenvalue weighted by molar-refractivity contribution is -0.0413. The van der Waals surface area contributed by atoms with Crippen molar-refractivity contribution < 1.29 is 4.74 Å². The fraction of sp³-hybridized carbons (Fsp3) is 1.00. The number of ether oxygens (including phenoxy) is 1. The van der Waals surface area contributed by atoms with Crippen LogP contribution in [0.25, 0.3) is 0 Å². The van der Waals surface area contributed by atoms with Crippen LogP contribution in [0.1, 0.15) is 65.2 Å². The summed E-state index contributed by atoms with van der Waals surface area (Å²) in [6, 6.07) is 0.364. The molecule has 0 N–H and O–H groups in total. The van der Waals surface area contributed by atoms with E-state index in [-0.39, 0.29) is 5.72 Å². The van der Waals surface area contributed by atoms with Crippen molar-refractivity contribution in [3.8, 4) is 0 Å². The molecule has 0 aromatic carbocycles. The molecule has 3 heteroatoms. The molecule has 2 unspecified atom stereocenters. The van der Waals surface area contributed by atoms with Crippen LogP contribution < -0.4 is 0 Å². The molecule has 2 saturated carbocycles. The quantitative estimate of drug-likeness (QED) is 0.660. The third kappa shape index (κ3) is 3.11. The molecule has 0 saturated heterocycles. The summed E-state index contributed by atoms with van der Waals surface area (Å²) in [7, 11) is 1.78. The highest BCUT2D eigenvalue weighted by atomic mass is 16.5. The van der Waals surface area contributed by atoms with Gasteiger partial charge in [-0.15, -0.1) is 0 Å². The zero-order valence-corrected chi connectivity index (χ0v) is 12.2. The second kappa shape index (κ2) is 6.14. The summed E-state index contributed by atoms with van der Waals surface area (Å²) in [5.41, 5.74) is -0.386. The monoisotopic (exact) mass is 252 g/mol. The lowest BCUT2D eigenvalue weighted by Gasteiger charge is -2.29. The third-order valence-corrected chi connectivity index (χ3v) is 5.05. The Labute approximate surface area is 111 Å². The minimum atomic E-state index is -0.386. The highest BCUT2D eigenvalue weighted by Gasteiger charge is 2.36. The molecule has 18 heavy (non-hydrogen) atoms. The van der Waals surface area contributed by atoms with Gasteiger partial charge in [0.15, 0.2) is 5.72 Å². The van der Waals surface area contributed by atoms with Gasteiger partial charge in [0.1, 0.15) is 0 Å². The summed E-state index contributed by atoms with van der Waals surface area (Å²) in [6.45, 7) is 4.32. The van der Waals surface area contributed by atoms with E-state index in [0.29, 0.717) is 12.0 Å². The molecule has 0 spiro atoms. The van der Waals surface area contributed by atoms with Gasteiger partial charge in [-0.1, -0.05) is 25.7 Å². The van der Waals surface area contributed by atoms with Crippen LogP contribution in [0.3, 0.4) is 0 Å². The average Bonchev–Trinajstić information content (AvgIpc) is 3.06. The third-order valence-electron chi connectivity index (χ3n) is 5.05. The molecular formula is C15H28N2O. The molecule has 2 atom stereocenters. The van der Waals surface area contributed by atoms with Crippen LogP contribution in [0, 0.1) is 11.8 Å². The van der Waals surface area contributed by atoms with Crippen LogP contribution in [0.4, 0.5) is 0 Å². The largest absolute Gasteiger partial charge is 0.355 e. The summed E-state index contributed by atoms with van der Waals surface area (Å²) < 4.78 is 5.67. The molecule has 2 rings (SSSR count). The van der Waals surface area contributed by atoms with Crippen LogP contribution in [0.5, 0.6) is 0 Å². The van der Waals surface area contributed by atoms with Crippen LogP contribution in [0.15, 0.2) is 10.2 Å². The van der Waals surface area contributed by atoms with Gasteiger partial charge in [-0.2, -0.15) is 10.2 Å². The van der Waals surface area contributed by atoms with Gasteiger partial charge in [-0.3, -0.25) is 0 Å². The topological polar surface area (TPSA) is 34.0 Å². The Balaban J connectivity index is 1.95. The van der Waals surface area contributed by atoms with E-state index in [1.807, 2.05) is 0 Å². The summed E-state index contributed by atoms with van der Waals surface area (Å²) in [6.07, 6.45) is 10.5. The first kappa shape index (κ1) is 14.0. The Kier molecular flexibility index (Phi) is 4.77. The Hall–Kier alpha value is -0.440. The molecule has 0 heterocycles. The number of hydrogen-bond acceptors (Lipinski definition) is 3. The number of rotatable bonds is 5. The zero-order chi connectivity index (χ0) is 13.0. The van der Waals surface area contributed by atoms with Crippen molar-refractivity contribution in [2.75, 3.05) is 7.11 Å². The second-order valence-corrected chi connectivity index (χ2v) is 6.24. The highest BCUT2D eigenvalue weighted by molar-refractivity contribution is 4.85. The minimum absolute atomic E-state index is 0.364. The molecule has 0 aromatic heterocycles. The molecule has 3 nitrogen and oxygen atoms in total. The van der Waals surface area contributed by atoms with E-state index in [1.165, 1.54) is 51.4 Å². The van der Waals surface area contributed by atoms with Crippen LogP contribution >= 0.6 is 0 Å². The van der Waals surface area contributed by atoms with Gasteiger partial charge in [-0.05, 0) is 45.4 Å². The molecule has 0 bridgehead atoms. The van der Waals surface area contributed by atoms with E-state index in [4.69, 9.17) is 4.74 Å². The maximum absolute atomic E-state index is 5.67. The van der Waals surface area contributed by atoms with Crippen molar-refractivity contribution in [2.24, 2.45) is 22.1 Å². The van der Waals surface area contributed by atoms with Crippen molar-refractivity contribution in [1.82, 2.24) is 0 Å². The van der Waals surface area contributed by atoms with E-state index in [0.717, 1.165) is 5.92 Å². The van der Waals surface area contributed by atoms with E-state index in [1.54, 1.807) is 7.11 Å². The average molecular weight is 252 g/mol. The van der Waals surface area contributed by atoms with E-state index >= 15 is 0 Å². The van der Waals surface area contributed by atoms with Gasteiger partial charge in [0.2, 0.25) is 0 Å². The standard InChI is InChI=1S/C15H28N2O/c1-12(13-8-4-5-9-13)16-17-15(2,18-3)14-10-6-7-11-14/h12-14H,4-11H2,1-3H3/b17-16+. The predicted molar refractivity (Wildman–Crippen MR) is 73.6 cm³/mol. The maximum Gasteiger partial charge on any atom is 0.178 e. The second-order valence-electron chi connectivity index (χ2n) is 6.24. The van der Waals surface area contributed by atoms with Crippen molar-refractivity contribution >= 4 is 0 Å². The smallest absolute Gasteiger partial charge is 0.178 e. The van der Waals surface area contributed by atoms with Crippen LogP contribution in [-0.2, 0) is 4.74 Å². The normalized spacial score (nSPS) is 27.9. The maximum atomic E-state index is 5.67. The van der Waals surface area contributed by atoms with Crippen LogP contribution in [-0.4, -0.2) is 18.9 Å². The molecule has 0 amide bonds. The first-order chi connectivity index (χ1) is 8.65. The highest BCUT2D eigenvalue weighted by Crippen LogP contribution is 2.38. The number of hydrogen-bond donors (Lipinski definition) is 0. The lowest BCUT2D eigenvalue weighted by Crippen LogP contribution is -2.33. The van der Waals surface area contributed by atoms with Crippen molar-refractivity contribution in [1.29, 1.82) is 0 Å². The molecule has 2 aliphatic rings. The van der Waals surface area contributed by atoms with Gasteiger partial charge < -0.3 is 4.74 Å². The molecule has 104 valence electrons. The SMILES string of the molecule is COC(C)(/N=N/C(C)C1CCCC1)C1CCCC1. The minimum Gasteiger partial charge on any atom is -0.355 e. The Morgan fingerprint density at radius 3 is 2.17 bits per heavy atom. The number of azo groups is 1. The van der Waals surface area contributed by atoms with Gasteiger partial charge in [0.25, 0.3) is 0 Å². The van der Waals surface area contributed by atoms with Gasteiger partial charge in [0.05, 0.1) is 6.04 Å². The molecular weight excluding hydrogens is 224 g/mol. The Morgan fingerprint density at radius 1 is 1.06 bits per heavy atom. The summed E-state index contributed by atoms with van der Waals surface area (Å²) in [5.74, 6) is 1.31. The fourth-order valence-electron chi connectivity index (χ4n) is 3.49. The molecule has 0 radical (unpaired) electrons. The predicted octanol–water partition coefficient (Wildman–Crippen LogP) is 4.57. The first-order valence-corrected chi connectivity index (χ1v) is 7.63. The number of nitrogens with zero attached hydrogens (tertiary/aromatic N) is 2. The zero-order valence-electron chi connectivity index (χ0n) is 12.2. The van der Waals surface area contributed by atoms with E-state index < -0.39 is 0 Å². The molecule has 2 fully saturated rings. The van der Waals surface area contributed by atoms with Gasteiger partial charge >= 0.3 is 0 Å². The van der Waals surface area contributed by atoms with Crippen LogP contribution in [0.2, 0.25) is 0 Å². The number of methoxy groups -OCH3 is 1. The first-order valence-electron chi connectivity index (χ1n) is 7.63. The molecule has 0 aromatic rings.